The molecule has 5 nitrogen and oxygen atoms in total. The summed E-state index contributed by atoms with van der Waals surface area (Å²) in [6.45, 7) is 2.31. The molecule has 1 aliphatic rings. The Balaban J connectivity index is 1.80. The highest BCUT2D eigenvalue weighted by Crippen LogP contribution is 2.28. The van der Waals surface area contributed by atoms with Crippen LogP contribution in [-0.4, -0.2) is 26.6 Å². The first-order chi connectivity index (χ1) is 12.4. The van der Waals surface area contributed by atoms with Crippen LogP contribution >= 0.6 is 0 Å². The minimum absolute atomic E-state index is 0.0662. The summed E-state index contributed by atoms with van der Waals surface area (Å²) in [6.07, 6.45) is 1.45. The number of nitrogens with one attached hydrogen (secondary N) is 1. The Morgan fingerprint density at radius 3 is 2.69 bits per heavy atom. The number of amides is 1. The molecular formula is C19H21FN2O3S. The Hall–Kier alpha value is -2.41. The fourth-order valence-electron chi connectivity index (χ4n) is 3.00. The Kier molecular flexibility index (Phi) is 5.27. The number of carbonyl (C=O) groups excluding carboxylic acids is 1. The molecule has 0 saturated carbocycles. The van der Waals surface area contributed by atoms with E-state index in [-0.39, 0.29) is 24.0 Å². The molecule has 0 aromatic heterocycles. The third-order valence-corrected chi connectivity index (χ3v) is 6.34. The van der Waals surface area contributed by atoms with Gasteiger partial charge in [-0.25, -0.2) is 12.8 Å². The third kappa shape index (κ3) is 3.88. The zero-order chi connectivity index (χ0) is 18.7. The maximum absolute atomic E-state index is 13.7. The summed E-state index contributed by atoms with van der Waals surface area (Å²) in [6, 6.07) is 11.2. The van der Waals surface area contributed by atoms with Crippen LogP contribution in [0.1, 0.15) is 34.3 Å². The van der Waals surface area contributed by atoms with Crippen LogP contribution in [0.15, 0.2) is 42.5 Å². The first-order valence-electron chi connectivity index (χ1n) is 8.51. The molecular weight excluding hydrogens is 355 g/mol. The molecule has 1 aliphatic heterocycles. The van der Waals surface area contributed by atoms with Gasteiger partial charge in [-0.15, -0.1) is 0 Å². The summed E-state index contributed by atoms with van der Waals surface area (Å²) < 4.78 is 39.7. The van der Waals surface area contributed by atoms with Crippen molar-refractivity contribution >= 4 is 21.6 Å². The quantitative estimate of drug-likeness (QED) is 0.892. The van der Waals surface area contributed by atoms with Gasteiger partial charge in [-0.2, -0.15) is 0 Å². The van der Waals surface area contributed by atoms with Crippen LogP contribution in [0, 0.1) is 12.7 Å². The Labute approximate surface area is 152 Å². The molecule has 1 fully saturated rings. The fraction of sp³-hybridized carbons (Fsp3) is 0.316. The van der Waals surface area contributed by atoms with Gasteiger partial charge in [-0.1, -0.05) is 24.3 Å². The summed E-state index contributed by atoms with van der Waals surface area (Å²) >= 11 is 0. The van der Waals surface area contributed by atoms with E-state index in [1.54, 1.807) is 36.4 Å². The second kappa shape index (κ2) is 7.45. The molecule has 2 aromatic carbocycles. The van der Waals surface area contributed by atoms with E-state index in [9.17, 15) is 17.6 Å². The van der Waals surface area contributed by atoms with Crippen molar-refractivity contribution in [3.05, 3.63) is 65.0 Å². The van der Waals surface area contributed by atoms with Gasteiger partial charge >= 0.3 is 0 Å². The number of aryl methyl sites for hydroxylation is 1. The number of rotatable bonds is 4. The van der Waals surface area contributed by atoms with Crippen LogP contribution in [0.5, 0.6) is 0 Å². The number of carbonyl (C=O) groups is 1. The minimum atomic E-state index is -3.35. The fourth-order valence-corrected chi connectivity index (χ4v) is 4.69. The van der Waals surface area contributed by atoms with Crippen LogP contribution in [0.2, 0.25) is 0 Å². The minimum Gasteiger partial charge on any atom is -0.348 e. The monoisotopic (exact) mass is 376 g/mol. The van der Waals surface area contributed by atoms with Crippen molar-refractivity contribution in [2.24, 2.45) is 0 Å². The van der Waals surface area contributed by atoms with Gasteiger partial charge in [0.1, 0.15) is 5.82 Å². The largest absolute Gasteiger partial charge is 0.348 e. The lowest BCUT2D eigenvalue weighted by atomic mass is 10.1. The van der Waals surface area contributed by atoms with E-state index in [2.05, 4.69) is 5.32 Å². The van der Waals surface area contributed by atoms with Crippen molar-refractivity contribution in [3.8, 4) is 0 Å². The lowest BCUT2D eigenvalue weighted by molar-refractivity contribution is 0.0950. The van der Waals surface area contributed by atoms with Crippen molar-refractivity contribution in [2.45, 2.75) is 26.3 Å². The molecule has 0 bridgehead atoms. The Bertz CT molecular complexity index is 928. The van der Waals surface area contributed by atoms with Gasteiger partial charge in [0.2, 0.25) is 10.0 Å². The third-order valence-electron chi connectivity index (χ3n) is 4.49. The first kappa shape index (κ1) is 18.4. The van der Waals surface area contributed by atoms with Crippen LogP contribution in [0.4, 0.5) is 10.1 Å². The second-order valence-corrected chi connectivity index (χ2v) is 8.38. The first-order valence-corrected chi connectivity index (χ1v) is 10.1. The molecule has 0 radical (unpaired) electrons. The zero-order valence-corrected chi connectivity index (χ0v) is 15.4. The summed E-state index contributed by atoms with van der Waals surface area (Å²) in [4.78, 5) is 12.4. The van der Waals surface area contributed by atoms with Crippen LogP contribution in [0.25, 0.3) is 0 Å². The molecule has 138 valence electrons. The van der Waals surface area contributed by atoms with Crippen molar-refractivity contribution in [3.63, 3.8) is 0 Å². The number of hydrogen-bond donors (Lipinski definition) is 1. The maximum Gasteiger partial charge on any atom is 0.251 e. The highest BCUT2D eigenvalue weighted by molar-refractivity contribution is 7.92. The second-order valence-electron chi connectivity index (χ2n) is 6.37. The van der Waals surface area contributed by atoms with Gasteiger partial charge in [-0.05, 0) is 43.5 Å². The standard InChI is InChI=1S/C19H21FN2O3S/c1-14-8-9-15(12-18(14)22-10-4-5-11-26(22,24)25)19(23)21-13-16-6-2-3-7-17(16)20/h2-3,6-9,12H,4-5,10-11,13H2,1H3,(H,21,23). The lowest BCUT2D eigenvalue weighted by Crippen LogP contribution is -2.38. The smallest absolute Gasteiger partial charge is 0.251 e. The van der Waals surface area contributed by atoms with E-state index in [1.165, 1.54) is 10.4 Å². The van der Waals surface area contributed by atoms with Gasteiger partial charge in [0.25, 0.3) is 5.91 Å². The molecule has 7 heteroatoms. The number of benzene rings is 2. The van der Waals surface area contributed by atoms with E-state index in [4.69, 9.17) is 0 Å². The molecule has 0 atom stereocenters. The van der Waals surface area contributed by atoms with E-state index in [0.29, 0.717) is 29.8 Å². The summed E-state index contributed by atoms with van der Waals surface area (Å²) in [5, 5.41) is 2.68. The molecule has 1 heterocycles. The van der Waals surface area contributed by atoms with Gasteiger partial charge in [0, 0.05) is 24.2 Å². The maximum atomic E-state index is 13.7. The van der Waals surface area contributed by atoms with E-state index >= 15 is 0 Å². The van der Waals surface area contributed by atoms with Crippen LogP contribution in [0.3, 0.4) is 0 Å². The normalized spacial score (nSPS) is 16.3. The van der Waals surface area contributed by atoms with E-state index < -0.39 is 10.0 Å². The molecule has 1 N–H and O–H groups in total. The number of anilines is 1. The molecule has 0 spiro atoms. The molecule has 0 unspecified atom stereocenters. The number of halogens is 1. The summed E-state index contributed by atoms with van der Waals surface area (Å²) in [5.41, 5.74) is 2.07. The SMILES string of the molecule is Cc1ccc(C(=O)NCc2ccccc2F)cc1N1CCCCS1(=O)=O. The van der Waals surface area contributed by atoms with Crippen molar-refractivity contribution in [2.75, 3.05) is 16.6 Å². The Morgan fingerprint density at radius 1 is 1.19 bits per heavy atom. The highest BCUT2D eigenvalue weighted by Gasteiger charge is 2.27. The predicted molar refractivity (Wildman–Crippen MR) is 99.1 cm³/mol. The van der Waals surface area contributed by atoms with E-state index in [0.717, 1.165) is 12.0 Å². The predicted octanol–water partition coefficient (Wildman–Crippen LogP) is 2.99. The molecule has 3 rings (SSSR count). The van der Waals surface area contributed by atoms with Gasteiger partial charge in [0.05, 0.1) is 11.4 Å². The van der Waals surface area contributed by atoms with Gasteiger partial charge in [-0.3, -0.25) is 9.10 Å². The number of sulfonamides is 1. The molecule has 0 aliphatic carbocycles. The average Bonchev–Trinajstić information content (AvgIpc) is 2.61. The summed E-state index contributed by atoms with van der Waals surface area (Å²) in [7, 11) is -3.35. The van der Waals surface area contributed by atoms with Crippen LogP contribution in [-0.2, 0) is 16.6 Å². The zero-order valence-electron chi connectivity index (χ0n) is 14.5. The van der Waals surface area contributed by atoms with Gasteiger partial charge in [0.15, 0.2) is 0 Å². The van der Waals surface area contributed by atoms with Crippen molar-refractivity contribution in [1.29, 1.82) is 0 Å². The topological polar surface area (TPSA) is 66.5 Å². The number of nitrogens with zero attached hydrogens (tertiary/aromatic N) is 1. The van der Waals surface area contributed by atoms with Crippen LogP contribution < -0.4 is 9.62 Å². The van der Waals surface area contributed by atoms with Gasteiger partial charge < -0.3 is 5.32 Å². The molecule has 26 heavy (non-hydrogen) atoms. The highest BCUT2D eigenvalue weighted by atomic mass is 32.2. The average molecular weight is 376 g/mol. The summed E-state index contributed by atoms with van der Waals surface area (Å²) in [5.74, 6) is -0.628. The molecule has 1 amide bonds. The Morgan fingerprint density at radius 2 is 1.96 bits per heavy atom. The molecule has 2 aromatic rings. The van der Waals surface area contributed by atoms with E-state index in [1.807, 2.05) is 6.92 Å². The van der Waals surface area contributed by atoms with Crippen molar-refractivity contribution < 1.29 is 17.6 Å². The molecule has 1 saturated heterocycles. The number of hydrogen-bond acceptors (Lipinski definition) is 3. The lowest BCUT2D eigenvalue weighted by Gasteiger charge is -2.29. The van der Waals surface area contributed by atoms with Crippen molar-refractivity contribution in [1.82, 2.24) is 5.32 Å².